The average Bonchev–Trinajstić information content (AvgIpc) is 2.06. The topological polar surface area (TPSA) is 6.48 Å². The summed E-state index contributed by atoms with van der Waals surface area (Å²) in [6.07, 6.45) is 4.38. The fraction of sp³-hybridized carbons (Fsp3) is 1.00. The third-order valence-electron chi connectivity index (χ3n) is 3.76. The van der Waals surface area contributed by atoms with Crippen LogP contribution in [0.3, 0.4) is 0 Å². The van der Waals surface area contributed by atoms with E-state index in [4.69, 9.17) is 0 Å². The molecule has 0 radical (unpaired) electrons. The first-order valence-electron chi connectivity index (χ1n) is 5.59. The van der Waals surface area contributed by atoms with Crippen molar-refractivity contribution in [2.75, 3.05) is 39.8 Å². The summed E-state index contributed by atoms with van der Waals surface area (Å²) in [4.78, 5) is 5.08. The van der Waals surface area contributed by atoms with Crippen molar-refractivity contribution in [3.8, 4) is 0 Å². The molecule has 0 unspecified atom stereocenters. The molecule has 2 aliphatic rings. The summed E-state index contributed by atoms with van der Waals surface area (Å²) in [5, 5.41) is 0. The van der Waals surface area contributed by atoms with Crippen molar-refractivity contribution in [2.24, 2.45) is 5.41 Å². The lowest BCUT2D eigenvalue weighted by Crippen LogP contribution is -2.49. The Balaban J connectivity index is 1.76. The first-order chi connectivity index (χ1) is 6.18. The Morgan fingerprint density at radius 3 is 2.15 bits per heavy atom. The summed E-state index contributed by atoms with van der Waals surface area (Å²) in [6, 6.07) is 0. The van der Waals surface area contributed by atoms with E-state index in [1.54, 1.807) is 0 Å². The van der Waals surface area contributed by atoms with Crippen molar-refractivity contribution < 1.29 is 0 Å². The van der Waals surface area contributed by atoms with Crippen molar-refractivity contribution in [1.82, 2.24) is 9.80 Å². The molecular weight excluding hydrogens is 160 g/mol. The third kappa shape index (κ3) is 2.23. The Bertz CT molecular complexity index is 167. The number of nitrogens with zero attached hydrogens (tertiary/aromatic N) is 2. The molecule has 0 N–H and O–H groups in total. The van der Waals surface area contributed by atoms with Crippen molar-refractivity contribution in [3.05, 3.63) is 0 Å². The predicted octanol–water partition coefficient (Wildman–Crippen LogP) is 1.42. The van der Waals surface area contributed by atoms with E-state index in [0.29, 0.717) is 5.41 Å². The SMILES string of the molecule is CN1CCN(CC2(C)CCC2)CC1. The van der Waals surface area contributed by atoms with Crippen LogP contribution < -0.4 is 0 Å². The van der Waals surface area contributed by atoms with Crippen LogP contribution in [0.1, 0.15) is 26.2 Å². The molecule has 0 atom stereocenters. The van der Waals surface area contributed by atoms with Crippen LogP contribution in [-0.4, -0.2) is 49.6 Å². The molecule has 0 aromatic carbocycles. The molecule has 0 bridgehead atoms. The number of piperazine rings is 1. The van der Waals surface area contributed by atoms with Crippen molar-refractivity contribution in [2.45, 2.75) is 26.2 Å². The van der Waals surface area contributed by atoms with Crippen LogP contribution in [0.2, 0.25) is 0 Å². The van der Waals surface area contributed by atoms with Crippen molar-refractivity contribution in [3.63, 3.8) is 0 Å². The summed E-state index contributed by atoms with van der Waals surface area (Å²) in [5.41, 5.74) is 0.676. The Kier molecular flexibility index (Phi) is 2.61. The standard InChI is InChI=1S/C11H22N2/c1-11(4-3-5-11)10-13-8-6-12(2)7-9-13/h3-10H2,1-2H3. The van der Waals surface area contributed by atoms with E-state index >= 15 is 0 Å². The Hall–Kier alpha value is -0.0800. The fourth-order valence-electron chi connectivity index (χ4n) is 2.48. The van der Waals surface area contributed by atoms with E-state index in [1.165, 1.54) is 52.0 Å². The number of likely N-dealkylation sites (N-methyl/N-ethyl adjacent to an activating group) is 1. The lowest BCUT2D eigenvalue weighted by Gasteiger charge is -2.44. The maximum absolute atomic E-state index is 2.65. The zero-order valence-corrected chi connectivity index (χ0v) is 9.05. The molecule has 2 rings (SSSR count). The van der Waals surface area contributed by atoms with E-state index < -0.39 is 0 Å². The quantitative estimate of drug-likeness (QED) is 0.637. The fourth-order valence-corrected chi connectivity index (χ4v) is 2.48. The summed E-state index contributed by atoms with van der Waals surface area (Å²) in [5.74, 6) is 0. The van der Waals surface area contributed by atoms with Gasteiger partial charge in [-0.2, -0.15) is 0 Å². The van der Waals surface area contributed by atoms with Gasteiger partial charge in [0.15, 0.2) is 0 Å². The van der Waals surface area contributed by atoms with Gasteiger partial charge in [-0.3, -0.25) is 0 Å². The summed E-state index contributed by atoms with van der Waals surface area (Å²) in [7, 11) is 2.22. The number of rotatable bonds is 2. The molecule has 1 heterocycles. The second-order valence-corrected chi connectivity index (χ2v) is 5.24. The van der Waals surface area contributed by atoms with E-state index in [2.05, 4.69) is 23.8 Å². The van der Waals surface area contributed by atoms with Gasteiger partial charge in [0.25, 0.3) is 0 Å². The first kappa shape index (κ1) is 9.47. The van der Waals surface area contributed by atoms with E-state index in [1.807, 2.05) is 0 Å². The predicted molar refractivity (Wildman–Crippen MR) is 55.9 cm³/mol. The van der Waals surface area contributed by atoms with Crippen LogP contribution in [0, 0.1) is 5.41 Å². The Labute approximate surface area is 81.9 Å². The van der Waals surface area contributed by atoms with Gasteiger partial charge in [-0.15, -0.1) is 0 Å². The summed E-state index contributed by atoms with van der Waals surface area (Å²) >= 11 is 0. The van der Waals surface area contributed by atoms with Gasteiger partial charge in [-0.05, 0) is 25.3 Å². The van der Waals surface area contributed by atoms with E-state index in [9.17, 15) is 0 Å². The maximum atomic E-state index is 2.65. The number of hydrogen-bond donors (Lipinski definition) is 0. The van der Waals surface area contributed by atoms with E-state index in [0.717, 1.165) is 0 Å². The minimum Gasteiger partial charge on any atom is -0.304 e. The molecule has 2 fully saturated rings. The molecule has 0 aromatic heterocycles. The number of hydrogen-bond acceptors (Lipinski definition) is 2. The van der Waals surface area contributed by atoms with Gasteiger partial charge >= 0.3 is 0 Å². The molecule has 1 aliphatic carbocycles. The Morgan fingerprint density at radius 1 is 1.08 bits per heavy atom. The Morgan fingerprint density at radius 2 is 1.69 bits per heavy atom. The lowest BCUT2D eigenvalue weighted by atomic mass is 9.70. The lowest BCUT2D eigenvalue weighted by molar-refractivity contribution is 0.0568. The van der Waals surface area contributed by atoms with Gasteiger partial charge < -0.3 is 9.80 Å². The van der Waals surface area contributed by atoms with Crippen LogP contribution >= 0.6 is 0 Å². The van der Waals surface area contributed by atoms with Crippen LogP contribution in [-0.2, 0) is 0 Å². The largest absolute Gasteiger partial charge is 0.304 e. The minimum atomic E-state index is 0.676. The van der Waals surface area contributed by atoms with Crippen LogP contribution in [0.25, 0.3) is 0 Å². The zero-order chi connectivity index (χ0) is 9.31. The van der Waals surface area contributed by atoms with Crippen LogP contribution in [0.5, 0.6) is 0 Å². The molecular formula is C11H22N2. The molecule has 0 spiro atoms. The van der Waals surface area contributed by atoms with Gasteiger partial charge in [0, 0.05) is 32.7 Å². The van der Waals surface area contributed by atoms with Crippen molar-refractivity contribution in [1.29, 1.82) is 0 Å². The van der Waals surface area contributed by atoms with E-state index in [-0.39, 0.29) is 0 Å². The highest BCUT2D eigenvalue weighted by molar-refractivity contribution is 4.87. The average molecular weight is 182 g/mol. The second-order valence-electron chi connectivity index (χ2n) is 5.24. The summed E-state index contributed by atoms with van der Waals surface area (Å²) in [6.45, 7) is 8.89. The molecule has 1 saturated heterocycles. The molecule has 76 valence electrons. The van der Waals surface area contributed by atoms with Gasteiger partial charge in [0.05, 0.1) is 0 Å². The molecule has 1 aliphatic heterocycles. The highest BCUT2D eigenvalue weighted by Crippen LogP contribution is 2.40. The maximum Gasteiger partial charge on any atom is 0.0110 e. The molecule has 0 amide bonds. The minimum absolute atomic E-state index is 0.676. The molecule has 0 aromatic rings. The molecule has 1 saturated carbocycles. The second kappa shape index (κ2) is 3.58. The third-order valence-corrected chi connectivity index (χ3v) is 3.76. The van der Waals surface area contributed by atoms with Gasteiger partial charge in [-0.25, -0.2) is 0 Å². The first-order valence-corrected chi connectivity index (χ1v) is 5.59. The van der Waals surface area contributed by atoms with Gasteiger partial charge in [0.1, 0.15) is 0 Å². The molecule has 2 nitrogen and oxygen atoms in total. The highest BCUT2D eigenvalue weighted by Gasteiger charge is 2.33. The van der Waals surface area contributed by atoms with Gasteiger partial charge in [0.2, 0.25) is 0 Å². The van der Waals surface area contributed by atoms with Crippen LogP contribution in [0.4, 0.5) is 0 Å². The van der Waals surface area contributed by atoms with Gasteiger partial charge in [-0.1, -0.05) is 13.3 Å². The molecule has 13 heavy (non-hydrogen) atoms. The normalized spacial score (nSPS) is 30.0. The monoisotopic (exact) mass is 182 g/mol. The smallest absolute Gasteiger partial charge is 0.0110 e. The highest BCUT2D eigenvalue weighted by atomic mass is 15.2. The molecule has 2 heteroatoms. The summed E-state index contributed by atoms with van der Waals surface area (Å²) < 4.78 is 0. The zero-order valence-electron chi connectivity index (χ0n) is 9.05. The van der Waals surface area contributed by atoms with Crippen LogP contribution in [0.15, 0.2) is 0 Å². The van der Waals surface area contributed by atoms with Crippen molar-refractivity contribution >= 4 is 0 Å².